The Morgan fingerprint density at radius 1 is 1.36 bits per heavy atom. The molecule has 1 unspecified atom stereocenters. The highest BCUT2D eigenvalue weighted by atomic mass is 35.5. The van der Waals surface area contributed by atoms with Gasteiger partial charge < -0.3 is 15.0 Å². The van der Waals surface area contributed by atoms with E-state index in [2.05, 4.69) is 5.32 Å². The van der Waals surface area contributed by atoms with Gasteiger partial charge in [0.1, 0.15) is 5.56 Å². The minimum atomic E-state index is -0.724. The molecule has 0 fully saturated rings. The van der Waals surface area contributed by atoms with E-state index in [-0.39, 0.29) is 17.7 Å². The highest BCUT2D eigenvalue weighted by Crippen LogP contribution is 2.19. The molecule has 22 heavy (non-hydrogen) atoms. The lowest BCUT2D eigenvalue weighted by Gasteiger charge is -2.12. The van der Waals surface area contributed by atoms with E-state index >= 15 is 0 Å². The van der Waals surface area contributed by atoms with Crippen molar-refractivity contribution in [3.8, 4) is 0 Å². The van der Waals surface area contributed by atoms with E-state index in [0.717, 1.165) is 0 Å². The fourth-order valence-corrected chi connectivity index (χ4v) is 2.27. The first-order valence-corrected chi connectivity index (χ1v) is 7.24. The third-order valence-corrected chi connectivity index (χ3v) is 3.54. The van der Waals surface area contributed by atoms with Crippen LogP contribution in [0.15, 0.2) is 47.4 Å². The van der Waals surface area contributed by atoms with Crippen molar-refractivity contribution in [2.75, 3.05) is 6.54 Å². The maximum absolute atomic E-state index is 12.0. The summed E-state index contributed by atoms with van der Waals surface area (Å²) in [5.41, 5.74) is 0.426. The summed E-state index contributed by atoms with van der Waals surface area (Å²) in [5.74, 6) is -0.445. The van der Waals surface area contributed by atoms with E-state index in [1.807, 2.05) is 0 Å². The van der Waals surface area contributed by atoms with E-state index in [9.17, 15) is 14.7 Å². The Hall–Kier alpha value is -2.11. The molecule has 0 aliphatic rings. The number of aryl methyl sites for hydroxylation is 1. The van der Waals surface area contributed by atoms with Crippen LogP contribution in [0.5, 0.6) is 0 Å². The molecule has 1 aromatic carbocycles. The molecule has 2 aromatic rings. The molecule has 6 heteroatoms. The number of nitrogens with zero attached hydrogens (tertiary/aromatic N) is 1. The number of pyridine rings is 1. The van der Waals surface area contributed by atoms with Crippen LogP contribution in [0.2, 0.25) is 5.02 Å². The van der Waals surface area contributed by atoms with Gasteiger partial charge in [-0.25, -0.2) is 0 Å². The number of halogens is 1. The second kappa shape index (κ2) is 7.24. The molecular formula is C16H17ClN2O3. The summed E-state index contributed by atoms with van der Waals surface area (Å²) in [5, 5.41) is 13.2. The van der Waals surface area contributed by atoms with Crippen LogP contribution in [0.1, 0.15) is 28.4 Å². The number of amides is 1. The number of nitrogens with one attached hydrogen (secondary N) is 1. The molecule has 116 valence electrons. The Labute approximate surface area is 133 Å². The van der Waals surface area contributed by atoms with Gasteiger partial charge in [-0.1, -0.05) is 23.7 Å². The molecule has 2 rings (SSSR count). The standard InChI is InChI=1S/C16H17ClN2O3/c1-19-9-3-6-13(16(19)22)15(21)18-8-7-14(20)11-4-2-5-12(17)10-11/h2-6,9-10,14,20H,7-8H2,1H3,(H,18,21). The van der Waals surface area contributed by atoms with Gasteiger partial charge in [-0.15, -0.1) is 0 Å². The van der Waals surface area contributed by atoms with E-state index in [0.29, 0.717) is 17.0 Å². The van der Waals surface area contributed by atoms with Gasteiger partial charge in [0, 0.05) is 24.8 Å². The van der Waals surface area contributed by atoms with Crippen LogP contribution in [0.25, 0.3) is 0 Å². The summed E-state index contributed by atoms with van der Waals surface area (Å²) >= 11 is 5.87. The fraction of sp³-hybridized carbons (Fsp3) is 0.250. The van der Waals surface area contributed by atoms with Crippen LogP contribution in [0.4, 0.5) is 0 Å². The molecule has 0 bridgehead atoms. The zero-order valence-corrected chi connectivity index (χ0v) is 12.9. The number of benzene rings is 1. The van der Waals surface area contributed by atoms with Gasteiger partial charge in [0.15, 0.2) is 0 Å². The molecule has 2 N–H and O–H groups in total. The van der Waals surface area contributed by atoms with Crippen LogP contribution in [-0.2, 0) is 7.05 Å². The van der Waals surface area contributed by atoms with E-state index in [4.69, 9.17) is 11.6 Å². The Kier molecular flexibility index (Phi) is 5.35. The maximum atomic E-state index is 12.0. The predicted octanol–water partition coefficient (Wildman–Crippen LogP) is 1.89. The average molecular weight is 321 g/mol. The van der Waals surface area contributed by atoms with Gasteiger partial charge in [0.05, 0.1) is 6.10 Å². The zero-order chi connectivity index (χ0) is 16.1. The van der Waals surface area contributed by atoms with Crippen molar-refractivity contribution in [2.24, 2.45) is 7.05 Å². The van der Waals surface area contributed by atoms with Crippen molar-refractivity contribution in [3.05, 3.63) is 69.1 Å². The number of rotatable bonds is 5. The fourth-order valence-electron chi connectivity index (χ4n) is 2.07. The number of aliphatic hydroxyl groups excluding tert-OH is 1. The normalized spacial score (nSPS) is 12.0. The molecule has 0 aliphatic heterocycles. The third kappa shape index (κ3) is 3.96. The predicted molar refractivity (Wildman–Crippen MR) is 85.0 cm³/mol. The highest BCUT2D eigenvalue weighted by molar-refractivity contribution is 6.30. The Morgan fingerprint density at radius 3 is 2.86 bits per heavy atom. The van der Waals surface area contributed by atoms with Crippen molar-refractivity contribution in [2.45, 2.75) is 12.5 Å². The average Bonchev–Trinajstić information content (AvgIpc) is 2.49. The third-order valence-electron chi connectivity index (χ3n) is 3.30. The lowest BCUT2D eigenvalue weighted by Crippen LogP contribution is -2.32. The number of hydrogen-bond acceptors (Lipinski definition) is 3. The second-order valence-corrected chi connectivity index (χ2v) is 5.39. The summed E-state index contributed by atoms with van der Waals surface area (Å²) in [6, 6.07) is 10.0. The minimum absolute atomic E-state index is 0.0854. The van der Waals surface area contributed by atoms with E-state index in [1.165, 1.54) is 10.6 Å². The summed E-state index contributed by atoms with van der Waals surface area (Å²) in [6.45, 7) is 0.255. The van der Waals surface area contributed by atoms with Crippen molar-refractivity contribution < 1.29 is 9.90 Å². The van der Waals surface area contributed by atoms with Gasteiger partial charge in [-0.2, -0.15) is 0 Å². The van der Waals surface area contributed by atoms with Crippen LogP contribution in [0, 0.1) is 0 Å². The maximum Gasteiger partial charge on any atom is 0.263 e. The SMILES string of the molecule is Cn1cccc(C(=O)NCCC(O)c2cccc(Cl)c2)c1=O. The van der Waals surface area contributed by atoms with Gasteiger partial charge in [0.2, 0.25) is 0 Å². The number of carbonyl (C=O) groups is 1. The van der Waals surface area contributed by atoms with Gasteiger partial charge in [0.25, 0.3) is 11.5 Å². The first-order valence-electron chi connectivity index (χ1n) is 6.86. The number of aliphatic hydroxyl groups is 1. The summed E-state index contributed by atoms with van der Waals surface area (Å²) in [7, 11) is 1.59. The van der Waals surface area contributed by atoms with Gasteiger partial charge >= 0.3 is 0 Å². The molecule has 0 aliphatic carbocycles. The van der Waals surface area contributed by atoms with Gasteiger partial charge in [-0.3, -0.25) is 9.59 Å². The lowest BCUT2D eigenvalue weighted by molar-refractivity contribution is 0.0940. The van der Waals surface area contributed by atoms with Crippen molar-refractivity contribution in [1.29, 1.82) is 0 Å². The second-order valence-electron chi connectivity index (χ2n) is 4.95. The van der Waals surface area contributed by atoms with Crippen molar-refractivity contribution >= 4 is 17.5 Å². The van der Waals surface area contributed by atoms with Crippen LogP contribution in [0.3, 0.4) is 0 Å². The van der Waals surface area contributed by atoms with Crippen LogP contribution >= 0.6 is 11.6 Å². The molecule has 5 nitrogen and oxygen atoms in total. The number of carbonyl (C=O) groups excluding carboxylic acids is 1. The van der Waals surface area contributed by atoms with Crippen LogP contribution in [-0.4, -0.2) is 22.1 Å². The monoisotopic (exact) mass is 320 g/mol. The van der Waals surface area contributed by atoms with Gasteiger partial charge in [-0.05, 0) is 36.2 Å². The summed E-state index contributed by atoms with van der Waals surface area (Å²) < 4.78 is 1.34. The van der Waals surface area contributed by atoms with E-state index in [1.54, 1.807) is 43.6 Å². The molecular weight excluding hydrogens is 304 g/mol. The highest BCUT2D eigenvalue weighted by Gasteiger charge is 2.12. The molecule has 0 saturated heterocycles. The molecule has 1 atom stereocenters. The van der Waals surface area contributed by atoms with Crippen LogP contribution < -0.4 is 10.9 Å². The quantitative estimate of drug-likeness (QED) is 0.883. The summed E-state index contributed by atoms with van der Waals surface area (Å²) in [4.78, 5) is 23.8. The first kappa shape index (κ1) is 16.3. The number of hydrogen-bond donors (Lipinski definition) is 2. The molecule has 1 aromatic heterocycles. The van der Waals surface area contributed by atoms with E-state index < -0.39 is 12.0 Å². The Morgan fingerprint density at radius 2 is 2.14 bits per heavy atom. The molecule has 1 amide bonds. The first-order chi connectivity index (χ1) is 10.5. The molecule has 0 radical (unpaired) electrons. The topological polar surface area (TPSA) is 71.3 Å². The molecule has 0 spiro atoms. The number of aromatic nitrogens is 1. The molecule has 0 saturated carbocycles. The largest absolute Gasteiger partial charge is 0.388 e. The zero-order valence-electron chi connectivity index (χ0n) is 12.1. The minimum Gasteiger partial charge on any atom is -0.388 e. The van der Waals surface area contributed by atoms with Crippen molar-refractivity contribution in [1.82, 2.24) is 9.88 Å². The summed E-state index contributed by atoms with van der Waals surface area (Å²) in [6.07, 6.45) is 1.19. The van der Waals surface area contributed by atoms with Crippen molar-refractivity contribution in [3.63, 3.8) is 0 Å². The lowest BCUT2D eigenvalue weighted by atomic mass is 10.1. The Balaban J connectivity index is 1.92. The molecule has 1 heterocycles. The smallest absolute Gasteiger partial charge is 0.263 e. The Bertz CT molecular complexity index is 727.